The van der Waals surface area contributed by atoms with Gasteiger partial charge >= 0.3 is 5.97 Å². The number of fused-ring (bicyclic) bond motifs is 1. The second kappa shape index (κ2) is 7.12. The second-order valence-electron chi connectivity index (χ2n) is 6.03. The van der Waals surface area contributed by atoms with Gasteiger partial charge in [0.25, 0.3) is 11.6 Å². The number of nitrogens with one attached hydrogen (secondary N) is 2. The summed E-state index contributed by atoms with van der Waals surface area (Å²) >= 11 is 0. The topological polar surface area (TPSA) is 142 Å². The van der Waals surface area contributed by atoms with Gasteiger partial charge in [0.15, 0.2) is 0 Å². The van der Waals surface area contributed by atoms with Gasteiger partial charge in [-0.3, -0.25) is 19.7 Å². The Morgan fingerprint density at radius 2 is 2.00 bits per heavy atom. The molecular weight excluding hydrogens is 330 g/mol. The number of carboxylic acid groups (broad SMARTS) is 1. The zero-order valence-electron chi connectivity index (χ0n) is 13.6. The Morgan fingerprint density at radius 1 is 1.32 bits per heavy atom. The summed E-state index contributed by atoms with van der Waals surface area (Å²) < 4.78 is 0. The zero-order chi connectivity index (χ0) is 18.7. The van der Waals surface area contributed by atoms with Crippen LogP contribution in [0.15, 0.2) is 29.1 Å². The molecule has 9 heteroatoms. The molecule has 132 valence electrons. The van der Waals surface area contributed by atoms with Crippen LogP contribution in [0.1, 0.15) is 30.6 Å². The van der Waals surface area contributed by atoms with Crippen LogP contribution in [0.3, 0.4) is 0 Å². The minimum Gasteiger partial charge on any atom is -0.480 e. The van der Waals surface area contributed by atoms with E-state index in [1.54, 1.807) is 0 Å². The number of carbonyl (C=O) groups is 2. The van der Waals surface area contributed by atoms with Gasteiger partial charge < -0.3 is 15.4 Å². The first-order valence-electron chi connectivity index (χ1n) is 7.54. The highest BCUT2D eigenvalue weighted by Crippen LogP contribution is 2.22. The fraction of sp³-hybridized carbons (Fsp3) is 0.312. The van der Waals surface area contributed by atoms with Crippen molar-refractivity contribution in [3.8, 4) is 0 Å². The molecule has 0 spiro atoms. The molecule has 9 nitrogen and oxygen atoms in total. The van der Waals surface area contributed by atoms with Crippen LogP contribution in [0, 0.1) is 16.0 Å². The van der Waals surface area contributed by atoms with Crippen molar-refractivity contribution >= 4 is 28.5 Å². The maximum Gasteiger partial charge on any atom is 0.326 e. The maximum absolute atomic E-state index is 12.5. The van der Waals surface area contributed by atoms with Gasteiger partial charge in [-0.2, -0.15) is 0 Å². The normalized spacial score (nSPS) is 12.1. The molecule has 1 aromatic carbocycles. The lowest BCUT2D eigenvalue weighted by Crippen LogP contribution is -2.42. The van der Waals surface area contributed by atoms with E-state index < -0.39 is 28.4 Å². The Morgan fingerprint density at radius 3 is 2.56 bits per heavy atom. The average Bonchev–Trinajstić information content (AvgIpc) is 2.52. The summed E-state index contributed by atoms with van der Waals surface area (Å²) in [6, 6.07) is 3.57. The third kappa shape index (κ3) is 4.19. The molecule has 0 radical (unpaired) electrons. The van der Waals surface area contributed by atoms with Crippen molar-refractivity contribution in [3.05, 3.63) is 50.3 Å². The highest BCUT2D eigenvalue weighted by atomic mass is 16.6. The van der Waals surface area contributed by atoms with Crippen molar-refractivity contribution in [2.45, 2.75) is 26.3 Å². The van der Waals surface area contributed by atoms with Crippen LogP contribution in [0.5, 0.6) is 0 Å². The molecule has 0 saturated carbocycles. The number of pyridine rings is 1. The van der Waals surface area contributed by atoms with Crippen molar-refractivity contribution < 1.29 is 19.6 Å². The standard InChI is InChI=1S/C16H17N3O6/c1-8(2)5-13(16(22)23)18-15(21)11-7-14(20)17-12-4-3-9(19(24)25)6-10(11)12/h3-4,6-8,13H,5H2,1-2H3,(H,17,20)(H,18,21)(H,22,23)/t13-/m1/s1. The van der Waals surface area contributed by atoms with Gasteiger partial charge in [-0.25, -0.2) is 4.79 Å². The second-order valence-corrected chi connectivity index (χ2v) is 6.03. The summed E-state index contributed by atoms with van der Waals surface area (Å²) in [4.78, 5) is 48.3. The Bertz CT molecular complexity index is 902. The van der Waals surface area contributed by atoms with Crippen LogP contribution >= 0.6 is 0 Å². The first kappa shape index (κ1) is 18.1. The third-order valence-electron chi connectivity index (χ3n) is 3.59. The van der Waals surface area contributed by atoms with Gasteiger partial charge in [0.1, 0.15) is 6.04 Å². The SMILES string of the molecule is CC(C)C[C@@H](NC(=O)c1cc(=O)[nH]c2ccc([N+](=O)[O-])cc12)C(=O)O. The van der Waals surface area contributed by atoms with Crippen LogP contribution in [-0.2, 0) is 4.79 Å². The Labute approximate surface area is 141 Å². The number of hydrogen-bond acceptors (Lipinski definition) is 5. The number of nitro groups is 1. The van der Waals surface area contributed by atoms with E-state index in [0.717, 1.165) is 6.07 Å². The molecular formula is C16H17N3O6. The molecule has 1 heterocycles. The molecule has 0 aliphatic carbocycles. The number of carbonyl (C=O) groups excluding carboxylic acids is 1. The van der Waals surface area contributed by atoms with Crippen LogP contribution in [0.25, 0.3) is 10.9 Å². The largest absolute Gasteiger partial charge is 0.480 e. The number of aromatic amines is 1. The smallest absolute Gasteiger partial charge is 0.326 e. The summed E-state index contributed by atoms with van der Waals surface area (Å²) in [5, 5.41) is 22.7. The number of nitro benzene ring substituents is 1. The summed E-state index contributed by atoms with van der Waals surface area (Å²) in [5.74, 6) is -1.94. The highest BCUT2D eigenvalue weighted by molar-refractivity contribution is 6.07. The number of aliphatic carboxylic acids is 1. The van der Waals surface area contributed by atoms with E-state index in [1.807, 2.05) is 13.8 Å². The fourth-order valence-electron chi connectivity index (χ4n) is 2.47. The fourth-order valence-corrected chi connectivity index (χ4v) is 2.47. The van der Waals surface area contributed by atoms with Crippen molar-refractivity contribution in [2.24, 2.45) is 5.92 Å². The quantitative estimate of drug-likeness (QED) is 0.536. The number of H-pyrrole nitrogens is 1. The monoisotopic (exact) mass is 347 g/mol. The summed E-state index contributed by atoms with van der Waals surface area (Å²) in [6.07, 6.45) is 0.211. The minimum absolute atomic E-state index is 0.0263. The molecule has 0 aliphatic rings. The molecule has 1 atom stereocenters. The van der Waals surface area contributed by atoms with E-state index in [4.69, 9.17) is 0 Å². The summed E-state index contributed by atoms with van der Waals surface area (Å²) in [7, 11) is 0. The van der Waals surface area contributed by atoms with E-state index in [1.165, 1.54) is 18.2 Å². The number of amides is 1. The molecule has 0 fully saturated rings. The van der Waals surface area contributed by atoms with Crippen molar-refractivity contribution in [1.29, 1.82) is 0 Å². The van der Waals surface area contributed by atoms with Gasteiger partial charge in [-0.15, -0.1) is 0 Å². The number of nitrogens with zero attached hydrogens (tertiary/aromatic N) is 1. The zero-order valence-corrected chi connectivity index (χ0v) is 13.6. The molecule has 1 aromatic heterocycles. The van der Waals surface area contributed by atoms with E-state index >= 15 is 0 Å². The number of non-ortho nitro benzene ring substituents is 1. The number of aromatic nitrogens is 1. The molecule has 1 amide bonds. The molecule has 3 N–H and O–H groups in total. The van der Waals surface area contributed by atoms with Gasteiger partial charge in [-0.1, -0.05) is 13.8 Å². The Hall–Kier alpha value is -3.23. The van der Waals surface area contributed by atoms with Crippen molar-refractivity contribution in [2.75, 3.05) is 0 Å². The van der Waals surface area contributed by atoms with E-state index in [9.17, 15) is 29.6 Å². The molecule has 25 heavy (non-hydrogen) atoms. The van der Waals surface area contributed by atoms with Gasteiger partial charge in [0.05, 0.1) is 10.5 Å². The van der Waals surface area contributed by atoms with E-state index in [-0.39, 0.29) is 34.5 Å². The number of hydrogen-bond donors (Lipinski definition) is 3. The van der Waals surface area contributed by atoms with Crippen LogP contribution in [0.2, 0.25) is 0 Å². The number of rotatable bonds is 6. The molecule has 0 saturated heterocycles. The molecule has 2 rings (SSSR count). The maximum atomic E-state index is 12.5. The summed E-state index contributed by atoms with van der Waals surface area (Å²) in [6.45, 7) is 3.63. The van der Waals surface area contributed by atoms with Crippen molar-refractivity contribution in [1.82, 2.24) is 10.3 Å². The summed E-state index contributed by atoms with van der Waals surface area (Å²) in [5.41, 5.74) is -0.677. The predicted molar refractivity (Wildman–Crippen MR) is 89.6 cm³/mol. The first-order chi connectivity index (χ1) is 11.7. The predicted octanol–water partition coefficient (Wildman–Crippen LogP) is 1.67. The van der Waals surface area contributed by atoms with Crippen LogP contribution in [-0.4, -0.2) is 32.9 Å². The van der Waals surface area contributed by atoms with Crippen molar-refractivity contribution in [3.63, 3.8) is 0 Å². The lowest BCUT2D eigenvalue weighted by atomic mass is 10.0. The third-order valence-corrected chi connectivity index (χ3v) is 3.59. The first-order valence-corrected chi connectivity index (χ1v) is 7.54. The van der Waals surface area contributed by atoms with Crippen LogP contribution < -0.4 is 10.9 Å². The molecule has 0 aliphatic heterocycles. The highest BCUT2D eigenvalue weighted by Gasteiger charge is 2.23. The van der Waals surface area contributed by atoms with Gasteiger partial charge in [0.2, 0.25) is 5.56 Å². The Kier molecular flexibility index (Phi) is 5.16. The van der Waals surface area contributed by atoms with E-state index in [0.29, 0.717) is 0 Å². The number of carboxylic acids is 1. The lowest BCUT2D eigenvalue weighted by Gasteiger charge is -2.17. The average molecular weight is 347 g/mol. The van der Waals surface area contributed by atoms with Crippen LogP contribution in [0.4, 0.5) is 5.69 Å². The molecule has 2 aromatic rings. The molecule has 0 bridgehead atoms. The lowest BCUT2D eigenvalue weighted by molar-refractivity contribution is -0.384. The van der Waals surface area contributed by atoms with E-state index in [2.05, 4.69) is 10.3 Å². The molecule has 0 unspecified atom stereocenters. The minimum atomic E-state index is -1.19. The number of benzene rings is 1. The van der Waals surface area contributed by atoms with Gasteiger partial charge in [0, 0.05) is 29.1 Å². The Balaban J connectivity index is 2.49. The van der Waals surface area contributed by atoms with Gasteiger partial charge in [-0.05, 0) is 18.4 Å².